The van der Waals surface area contributed by atoms with Gasteiger partial charge in [0.1, 0.15) is 5.03 Å². The van der Waals surface area contributed by atoms with Gasteiger partial charge in [0.05, 0.1) is 10.9 Å². The Balaban J connectivity index is 1.61. The number of aryl methyl sites for hydroxylation is 2. The third-order valence-corrected chi connectivity index (χ3v) is 5.25. The van der Waals surface area contributed by atoms with Crippen LogP contribution < -0.4 is 5.32 Å². The van der Waals surface area contributed by atoms with Gasteiger partial charge < -0.3 is 5.32 Å². The molecule has 1 fully saturated rings. The number of rotatable bonds is 5. The summed E-state index contributed by atoms with van der Waals surface area (Å²) in [4.78, 5) is 12.2. The van der Waals surface area contributed by atoms with E-state index in [4.69, 9.17) is 0 Å². The summed E-state index contributed by atoms with van der Waals surface area (Å²) >= 11 is 1.43. The Labute approximate surface area is 146 Å². The number of hydrogen-bond donors (Lipinski definition) is 1. The molecule has 6 nitrogen and oxygen atoms in total. The molecular weight excluding hydrogens is 322 g/mol. The second-order valence-electron chi connectivity index (χ2n) is 6.32. The van der Waals surface area contributed by atoms with Crippen molar-refractivity contribution < 1.29 is 4.79 Å². The van der Waals surface area contributed by atoms with Crippen molar-refractivity contribution in [3.05, 3.63) is 29.6 Å². The minimum absolute atomic E-state index is 0.0799. The molecule has 1 aliphatic carbocycles. The number of carbonyl (C=O) groups excluding carboxylic acids is 1. The third kappa shape index (κ3) is 3.95. The van der Waals surface area contributed by atoms with E-state index in [0.717, 1.165) is 29.3 Å². The highest BCUT2D eigenvalue weighted by Gasteiger charge is 2.21. The van der Waals surface area contributed by atoms with Crippen molar-refractivity contribution >= 4 is 17.7 Å². The van der Waals surface area contributed by atoms with Crippen LogP contribution in [-0.2, 0) is 4.79 Å². The molecule has 0 aliphatic heterocycles. The van der Waals surface area contributed by atoms with Crippen LogP contribution in [0.2, 0.25) is 0 Å². The molecule has 0 unspecified atom stereocenters. The van der Waals surface area contributed by atoms with Gasteiger partial charge >= 0.3 is 0 Å². The molecule has 2 aromatic rings. The zero-order valence-corrected chi connectivity index (χ0v) is 15.1. The summed E-state index contributed by atoms with van der Waals surface area (Å²) in [5, 5.41) is 16.6. The molecule has 2 heterocycles. The van der Waals surface area contributed by atoms with Crippen LogP contribution in [-0.4, -0.2) is 37.2 Å². The second-order valence-corrected chi connectivity index (χ2v) is 7.68. The quantitative estimate of drug-likeness (QED) is 0.844. The Morgan fingerprint density at radius 2 is 2.04 bits per heavy atom. The molecule has 0 saturated heterocycles. The summed E-state index contributed by atoms with van der Waals surface area (Å²) < 4.78 is 1.77. The summed E-state index contributed by atoms with van der Waals surface area (Å²) in [7, 11) is 0. The number of hydrogen-bond acceptors (Lipinski definition) is 5. The van der Waals surface area contributed by atoms with Crippen molar-refractivity contribution in [1.29, 1.82) is 0 Å². The summed E-state index contributed by atoms with van der Waals surface area (Å²) in [6.07, 6.45) is 4.62. The van der Waals surface area contributed by atoms with E-state index in [0.29, 0.717) is 11.9 Å². The fraction of sp³-hybridized carbons (Fsp3) is 0.529. The van der Waals surface area contributed by atoms with Crippen molar-refractivity contribution in [2.24, 2.45) is 0 Å². The minimum atomic E-state index is -0.181. The van der Waals surface area contributed by atoms with Gasteiger partial charge in [0.25, 0.3) is 0 Å². The van der Waals surface area contributed by atoms with Crippen LogP contribution in [0.1, 0.15) is 44.0 Å². The standard InChI is InChI=1S/C17H23N5OS/c1-11-10-12(2)22(21-11)15-8-9-16(20-19-15)24-13(3)17(23)18-14-6-4-5-7-14/h8-10,13-14H,4-7H2,1-3H3,(H,18,23)/t13-/m0/s1. The fourth-order valence-electron chi connectivity index (χ4n) is 2.97. The molecule has 0 aromatic carbocycles. The van der Waals surface area contributed by atoms with E-state index < -0.39 is 0 Å². The number of amides is 1. The minimum Gasteiger partial charge on any atom is -0.352 e. The molecule has 3 rings (SSSR count). The zero-order valence-electron chi connectivity index (χ0n) is 14.3. The van der Waals surface area contributed by atoms with E-state index in [-0.39, 0.29) is 11.2 Å². The van der Waals surface area contributed by atoms with Crippen LogP contribution in [0.25, 0.3) is 5.82 Å². The first kappa shape index (κ1) is 17.0. The molecule has 1 atom stereocenters. The highest BCUT2D eigenvalue weighted by atomic mass is 32.2. The molecule has 24 heavy (non-hydrogen) atoms. The molecule has 0 bridgehead atoms. The lowest BCUT2D eigenvalue weighted by molar-refractivity contribution is -0.120. The molecule has 0 radical (unpaired) electrons. The average Bonchev–Trinajstić information content (AvgIpc) is 3.17. The smallest absolute Gasteiger partial charge is 0.233 e. The number of carbonyl (C=O) groups is 1. The third-order valence-electron chi connectivity index (χ3n) is 4.22. The highest BCUT2D eigenvalue weighted by Crippen LogP contribution is 2.23. The highest BCUT2D eigenvalue weighted by molar-refractivity contribution is 8.00. The first-order valence-corrected chi connectivity index (χ1v) is 9.25. The topological polar surface area (TPSA) is 72.7 Å². The van der Waals surface area contributed by atoms with E-state index in [1.54, 1.807) is 4.68 Å². The Morgan fingerprint density at radius 1 is 1.29 bits per heavy atom. The fourth-order valence-corrected chi connectivity index (χ4v) is 3.74. The van der Waals surface area contributed by atoms with Crippen molar-refractivity contribution in [3.63, 3.8) is 0 Å². The van der Waals surface area contributed by atoms with Crippen LogP contribution in [0, 0.1) is 13.8 Å². The number of aromatic nitrogens is 4. The zero-order chi connectivity index (χ0) is 17.1. The van der Waals surface area contributed by atoms with Gasteiger partial charge in [-0.3, -0.25) is 4.79 Å². The van der Waals surface area contributed by atoms with Crippen LogP contribution in [0.15, 0.2) is 23.2 Å². The summed E-state index contributed by atoms with van der Waals surface area (Å²) in [5.74, 6) is 0.768. The predicted octanol–water partition coefficient (Wildman–Crippen LogP) is 2.82. The van der Waals surface area contributed by atoms with Crippen molar-refractivity contribution in [2.45, 2.75) is 62.8 Å². The van der Waals surface area contributed by atoms with Gasteiger partial charge in [-0.05, 0) is 51.8 Å². The van der Waals surface area contributed by atoms with E-state index in [1.807, 2.05) is 39.0 Å². The molecule has 128 valence electrons. The van der Waals surface area contributed by atoms with Crippen molar-refractivity contribution in [3.8, 4) is 5.82 Å². The first-order chi connectivity index (χ1) is 11.5. The van der Waals surface area contributed by atoms with E-state index in [1.165, 1.54) is 24.6 Å². The molecule has 1 N–H and O–H groups in total. The molecule has 1 amide bonds. The summed E-state index contributed by atoms with van der Waals surface area (Å²) in [5.41, 5.74) is 1.97. The Kier molecular flexibility index (Phi) is 5.18. The Hall–Kier alpha value is -1.89. The van der Waals surface area contributed by atoms with Gasteiger partial charge in [-0.2, -0.15) is 5.10 Å². The number of nitrogens with zero attached hydrogens (tertiary/aromatic N) is 4. The average molecular weight is 345 g/mol. The van der Waals surface area contributed by atoms with Crippen molar-refractivity contribution in [1.82, 2.24) is 25.3 Å². The normalized spacial score (nSPS) is 16.3. The van der Waals surface area contributed by atoms with E-state index in [9.17, 15) is 4.79 Å². The van der Waals surface area contributed by atoms with Gasteiger partial charge in [-0.1, -0.05) is 24.6 Å². The maximum atomic E-state index is 12.2. The van der Waals surface area contributed by atoms with Crippen LogP contribution in [0.4, 0.5) is 0 Å². The lowest BCUT2D eigenvalue weighted by Crippen LogP contribution is -2.37. The van der Waals surface area contributed by atoms with Gasteiger partial charge in [0, 0.05) is 11.7 Å². The molecule has 1 aliphatic rings. The van der Waals surface area contributed by atoms with Crippen LogP contribution in [0.3, 0.4) is 0 Å². The number of nitrogens with one attached hydrogen (secondary N) is 1. The monoisotopic (exact) mass is 345 g/mol. The summed E-state index contributed by atoms with van der Waals surface area (Å²) in [6, 6.07) is 6.12. The van der Waals surface area contributed by atoms with E-state index >= 15 is 0 Å². The van der Waals surface area contributed by atoms with Crippen molar-refractivity contribution in [2.75, 3.05) is 0 Å². The Bertz CT molecular complexity index is 706. The summed E-state index contributed by atoms with van der Waals surface area (Å²) in [6.45, 7) is 5.84. The second kappa shape index (κ2) is 7.34. The molecule has 1 saturated carbocycles. The largest absolute Gasteiger partial charge is 0.352 e. The lowest BCUT2D eigenvalue weighted by atomic mass is 10.2. The van der Waals surface area contributed by atoms with Crippen LogP contribution in [0.5, 0.6) is 0 Å². The number of thioether (sulfide) groups is 1. The van der Waals surface area contributed by atoms with Crippen LogP contribution >= 0.6 is 11.8 Å². The maximum Gasteiger partial charge on any atom is 0.233 e. The predicted molar refractivity (Wildman–Crippen MR) is 94.3 cm³/mol. The molecule has 2 aromatic heterocycles. The lowest BCUT2D eigenvalue weighted by Gasteiger charge is -2.15. The van der Waals surface area contributed by atoms with Gasteiger partial charge in [-0.25, -0.2) is 4.68 Å². The van der Waals surface area contributed by atoms with E-state index in [2.05, 4.69) is 20.6 Å². The van der Waals surface area contributed by atoms with Gasteiger partial charge in [0.2, 0.25) is 5.91 Å². The Morgan fingerprint density at radius 3 is 2.62 bits per heavy atom. The maximum absolute atomic E-state index is 12.2. The molecule has 7 heteroatoms. The SMILES string of the molecule is Cc1cc(C)n(-c2ccc(S[C@@H](C)C(=O)NC3CCCC3)nn2)n1. The molecular formula is C17H23N5OS. The van der Waals surface area contributed by atoms with Gasteiger partial charge in [0.15, 0.2) is 5.82 Å². The van der Waals surface area contributed by atoms with Gasteiger partial charge in [-0.15, -0.1) is 10.2 Å². The first-order valence-electron chi connectivity index (χ1n) is 8.37. The molecule has 0 spiro atoms.